The Hall–Kier alpha value is -2.18. The molecule has 2 rings (SSSR count). The standard InChI is InChI=1S/C15H14N2O/c16-11-13-4-3-5-14(10-13)12-18-9-7-15-6-1-2-8-17-15/h1-6,8,10H,7,9,12H2. The van der Waals surface area contributed by atoms with Gasteiger partial charge in [-0.25, -0.2) is 0 Å². The highest BCUT2D eigenvalue weighted by molar-refractivity contribution is 5.32. The molecule has 0 N–H and O–H groups in total. The summed E-state index contributed by atoms with van der Waals surface area (Å²) in [5.74, 6) is 0. The minimum absolute atomic E-state index is 0.530. The maximum absolute atomic E-state index is 8.78. The first kappa shape index (κ1) is 12.3. The number of rotatable bonds is 5. The van der Waals surface area contributed by atoms with Crippen LogP contribution in [0, 0.1) is 11.3 Å². The number of nitriles is 1. The van der Waals surface area contributed by atoms with Crippen molar-refractivity contribution in [1.82, 2.24) is 4.98 Å². The highest BCUT2D eigenvalue weighted by atomic mass is 16.5. The molecule has 0 unspecified atom stereocenters. The number of pyridine rings is 1. The summed E-state index contributed by atoms with van der Waals surface area (Å²) in [6.45, 7) is 1.16. The average Bonchev–Trinajstić information content (AvgIpc) is 2.45. The van der Waals surface area contributed by atoms with Crippen molar-refractivity contribution in [2.75, 3.05) is 6.61 Å². The molecule has 90 valence electrons. The number of hydrogen-bond acceptors (Lipinski definition) is 3. The zero-order valence-electron chi connectivity index (χ0n) is 10.0. The van der Waals surface area contributed by atoms with Crippen molar-refractivity contribution in [3.05, 3.63) is 65.5 Å². The van der Waals surface area contributed by atoms with E-state index in [1.54, 1.807) is 12.3 Å². The molecule has 3 heteroatoms. The predicted molar refractivity (Wildman–Crippen MR) is 68.8 cm³/mol. The summed E-state index contributed by atoms with van der Waals surface area (Å²) < 4.78 is 5.57. The Bertz CT molecular complexity index is 532. The monoisotopic (exact) mass is 238 g/mol. The molecule has 0 bridgehead atoms. The van der Waals surface area contributed by atoms with Crippen LogP contribution >= 0.6 is 0 Å². The molecule has 0 radical (unpaired) electrons. The van der Waals surface area contributed by atoms with Gasteiger partial charge in [0, 0.05) is 18.3 Å². The van der Waals surface area contributed by atoms with Crippen LogP contribution < -0.4 is 0 Å². The van der Waals surface area contributed by atoms with Crippen LogP contribution in [0.1, 0.15) is 16.8 Å². The van der Waals surface area contributed by atoms with E-state index in [4.69, 9.17) is 10.00 Å². The van der Waals surface area contributed by atoms with Crippen molar-refractivity contribution in [2.45, 2.75) is 13.0 Å². The van der Waals surface area contributed by atoms with Gasteiger partial charge < -0.3 is 4.74 Å². The summed E-state index contributed by atoms with van der Waals surface area (Å²) >= 11 is 0. The van der Waals surface area contributed by atoms with Gasteiger partial charge in [0.15, 0.2) is 0 Å². The van der Waals surface area contributed by atoms with Gasteiger partial charge in [0.2, 0.25) is 0 Å². The van der Waals surface area contributed by atoms with Crippen LogP contribution in [0.3, 0.4) is 0 Å². The lowest BCUT2D eigenvalue weighted by molar-refractivity contribution is 0.123. The summed E-state index contributed by atoms with van der Waals surface area (Å²) in [4.78, 5) is 4.23. The van der Waals surface area contributed by atoms with Gasteiger partial charge in [0.25, 0.3) is 0 Å². The van der Waals surface area contributed by atoms with Gasteiger partial charge in [0.1, 0.15) is 0 Å². The maximum Gasteiger partial charge on any atom is 0.0991 e. The molecule has 0 fully saturated rings. The molecule has 0 amide bonds. The lowest BCUT2D eigenvalue weighted by Gasteiger charge is -2.04. The first-order valence-corrected chi connectivity index (χ1v) is 5.85. The van der Waals surface area contributed by atoms with Gasteiger partial charge in [-0.15, -0.1) is 0 Å². The van der Waals surface area contributed by atoms with E-state index in [2.05, 4.69) is 11.1 Å². The first-order chi connectivity index (χ1) is 8.88. The molecule has 0 aliphatic heterocycles. The Labute approximate surface area is 107 Å². The Balaban J connectivity index is 1.77. The second-order valence-corrected chi connectivity index (χ2v) is 3.94. The summed E-state index contributed by atoms with van der Waals surface area (Å²) in [6, 6.07) is 15.4. The van der Waals surface area contributed by atoms with E-state index in [-0.39, 0.29) is 0 Å². The lowest BCUT2D eigenvalue weighted by Crippen LogP contribution is -2.00. The van der Waals surface area contributed by atoms with Crippen LogP contribution in [0.2, 0.25) is 0 Å². The topological polar surface area (TPSA) is 45.9 Å². The van der Waals surface area contributed by atoms with Crippen LogP contribution in [-0.4, -0.2) is 11.6 Å². The highest BCUT2D eigenvalue weighted by Crippen LogP contribution is 2.06. The van der Waals surface area contributed by atoms with Crippen molar-refractivity contribution in [1.29, 1.82) is 5.26 Å². The summed E-state index contributed by atoms with van der Waals surface area (Å²) in [5, 5.41) is 8.78. The van der Waals surface area contributed by atoms with Crippen LogP contribution in [-0.2, 0) is 17.8 Å². The van der Waals surface area contributed by atoms with Gasteiger partial charge in [-0.05, 0) is 29.8 Å². The smallest absolute Gasteiger partial charge is 0.0991 e. The zero-order chi connectivity index (χ0) is 12.6. The lowest BCUT2D eigenvalue weighted by atomic mass is 10.1. The Morgan fingerprint density at radius 3 is 2.89 bits per heavy atom. The molecule has 0 spiro atoms. The minimum atomic E-state index is 0.530. The van der Waals surface area contributed by atoms with Gasteiger partial charge in [-0.3, -0.25) is 4.98 Å². The van der Waals surface area contributed by atoms with Crippen LogP contribution in [0.4, 0.5) is 0 Å². The second-order valence-electron chi connectivity index (χ2n) is 3.94. The van der Waals surface area contributed by atoms with Crippen LogP contribution in [0.25, 0.3) is 0 Å². The van der Waals surface area contributed by atoms with E-state index >= 15 is 0 Å². The summed E-state index contributed by atoms with van der Waals surface area (Å²) in [5.41, 5.74) is 2.72. The normalized spacial score (nSPS) is 9.94. The Morgan fingerprint density at radius 1 is 1.17 bits per heavy atom. The Morgan fingerprint density at radius 2 is 2.11 bits per heavy atom. The average molecular weight is 238 g/mol. The van der Waals surface area contributed by atoms with Gasteiger partial charge >= 0.3 is 0 Å². The molecule has 1 aromatic carbocycles. The first-order valence-electron chi connectivity index (χ1n) is 5.85. The fourth-order valence-corrected chi connectivity index (χ4v) is 1.64. The van der Waals surface area contributed by atoms with Crippen molar-refractivity contribution in [3.8, 4) is 6.07 Å². The van der Waals surface area contributed by atoms with Crippen LogP contribution in [0.15, 0.2) is 48.7 Å². The maximum atomic E-state index is 8.78. The van der Waals surface area contributed by atoms with Gasteiger partial charge in [0.05, 0.1) is 24.8 Å². The van der Waals surface area contributed by atoms with E-state index in [9.17, 15) is 0 Å². The molecule has 0 atom stereocenters. The molecule has 0 saturated heterocycles. The van der Waals surface area contributed by atoms with Crippen molar-refractivity contribution >= 4 is 0 Å². The molecule has 0 saturated carbocycles. The van der Waals surface area contributed by atoms with Gasteiger partial charge in [-0.2, -0.15) is 5.26 Å². The fourth-order valence-electron chi connectivity index (χ4n) is 1.64. The van der Waals surface area contributed by atoms with Crippen molar-refractivity contribution in [3.63, 3.8) is 0 Å². The number of benzene rings is 1. The molecule has 0 aliphatic rings. The molecule has 18 heavy (non-hydrogen) atoms. The quantitative estimate of drug-likeness (QED) is 0.752. The Kier molecular flexibility index (Phi) is 4.46. The minimum Gasteiger partial charge on any atom is -0.376 e. The van der Waals surface area contributed by atoms with E-state index in [1.807, 2.05) is 36.4 Å². The predicted octanol–water partition coefficient (Wildman–Crippen LogP) is 2.71. The third-order valence-corrected chi connectivity index (χ3v) is 2.55. The van der Waals surface area contributed by atoms with Crippen molar-refractivity contribution in [2.24, 2.45) is 0 Å². The molecule has 3 nitrogen and oxygen atoms in total. The zero-order valence-corrected chi connectivity index (χ0v) is 10.0. The number of nitrogens with zero attached hydrogens (tertiary/aromatic N) is 2. The van der Waals surface area contributed by atoms with E-state index in [1.165, 1.54) is 0 Å². The summed E-state index contributed by atoms with van der Waals surface area (Å²) in [6.07, 6.45) is 2.59. The molecule has 1 heterocycles. The number of ether oxygens (including phenoxy) is 1. The van der Waals surface area contributed by atoms with Crippen molar-refractivity contribution < 1.29 is 4.74 Å². The molecular formula is C15H14N2O. The number of hydrogen-bond donors (Lipinski definition) is 0. The largest absolute Gasteiger partial charge is 0.376 e. The van der Waals surface area contributed by atoms with E-state index < -0.39 is 0 Å². The molecular weight excluding hydrogens is 224 g/mol. The fraction of sp³-hybridized carbons (Fsp3) is 0.200. The molecule has 0 aliphatic carbocycles. The van der Waals surface area contributed by atoms with Gasteiger partial charge in [-0.1, -0.05) is 18.2 Å². The molecule has 2 aromatic rings. The van der Waals surface area contributed by atoms with E-state index in [0.29, 0.717) is 18.8 Å². The highest BCUT2D eigenvalue weighted by Gasteiger charge is 1.97. The third-order valence-electron chi connectivity index (χ3n) is 2.55. The number of aromatic nitrogens is 1. The second kappa shape index (κ2) is 6.53. The SMILES string of the molecule is N#Cc1cccc(COCCc2ccccn2)c1. The van der Waals surface area contributed by atoms with Crippen LogP contribution in [0.5, 0.6) is 0 Å². The summed E-state index contributed by atoms with van der Waals surface area (Å²) in [7, 11) is 0. The molecule has 1 aromatic heterocycles. The third kappa shape index (κ3) is 3.69. The van der Waals surface area contributed by atoms with E-state index in [0.717, 1.165) is 17.7 Å².